The molecule has 22 heavy (non-hydrogen) atoms. The van der Waals surface area contributed by atoms with E-state index in [9.17, 15) is 0 Å². The Balaban J connectivity index is -0.00000000314. The molecule has 0 aromatic heterocycles. The molecule has 0 radical (unpaired) electrons. The summed E-state index contributed by atoms with van der Waals surface area (Å²) in [6.45, 7) is 0. The van der Waals surface area contributed by atoms with Gasteiger partial charge in [0.15, 0.2) is 0 Å². The van der Waals surface area contributed by atoms with Crippen LogP contribution in [0.5, 0.6) is 0 Å². The van der Waals surface area contributed by atoms with Crippen LogP contribution >= 0.6 is 0 Å². The Kier molecular flexibility index (Phi) is 347. The van der Waals surface area contributed by atoms with Crippen molar-refractivity contribution < 1.29 is 149 Å². The van der Waals surface area contributed by atoms with Crippen LogP contribution in [0.1, 0.15) is 0 Å². The summed E-state index contributed by atoms with van der Waals surface area (Å²) in [4.78, 5) is 0. The van der Waals surface area contributed by atoms with E-state index < -0.39 is 20.8 Å². The van der Waals surface area contributed by atoms with Gasteiger partial charge in [-0.05, 0) is 0 Å². The molecule has 0 spiro atoms. The van der Waals surface area contributed by atoms with Crippen molar-refractivity contribution >= 4 is 20.8 Å². The minimum absolute atomic E-state index is 0. The molecular weight excluding hydrogens is 398 g/mol. The normalized spacial score (nSPS) is 5.27. The number of rotatable bonds is 0. The van der Waals surface area contributed by atoms with Crippen molar-refractivity contribution in [3.8, 4) is 0 Å². The van der Waals surface area contributed by atoms with Gasteiger partial charge in [-0.15, -0.1) is 0 Å². The second-order valence-electron chi connectivity index (χ2n) is 0.856. The topological polar surface area (TPSA) is 470 Å². The molecule has 144 valence electrons. The molecule has 0 saturated heterocycles. The second-order valence-corrected chi connectivity index (χ2v) is 2.57. The van der Waals surface area contributed by atoms with Gasteiger partial charge in [0.25, 0.3) is 0 Å². The Hall–Kier alpha value is 1.34. The average molecular weight is 420 g/mol. The van der Waals surface area contributed by atoms with E-state index >= 15 is 0 Å². The van der Waals surface area contributed by atoms with Crippen LogP contribution in [0.3, 0.4) is 0 Å². The zero-order valence-electron chi connectivity index (χ0n) is 11.2. The summed E-state index contributed by atoms with van der Waals surface area (Å²) in [6, 6.07) is 0. The van der Waals surface area contributed by atoms with Crippen LogP contribution in [-0.4, -0.2) is 89.8 Å². The molecule has 0 aromatic carbocycles. The monoisotopic (exact) mass is 420 g/mol. The summed E-state index contributed by atoms with van der Waals surface area (Å²) < 4.78 is 65.7. The first-order chi connectivity index (χ1) is 4.00. The van der Waals surface area contributed by atoms with Crippen molar-refractivity contribution in [3.05, 3.63) is 0 Å². The van der Waals surface area contributed by atoms with E-state index in [1.165, 1.54) is 0 Å². The van der Waals surface area contributed by atoms with Gasteiger partial charge < -0.3 is 63.9 Å². The van der Waals surface area contributed by atoms with Crippen LogP contribution < -0.4 is 59.1 Å². The molecule has 0 aliphatic carbocycles. The van der Waals surface area contributed by atoms with Crippen molar-refractivity contribution in [3.63, 3.8) is 0 Å². The molecule has 22 heteroatoms. The van der Waals surface area contributed by atoms with E-state index in [1.807, 2.05) is 0 Å². The smallest absolute Gasteiger partial charge is 0.759 e. The van der Waals surface area contributed by atoms with Gasteiger partial charge in [0.1, 0.15) is 0 Å². The summed E-state index contributed by atoms with van der Waals surface area (Å²) in [5.41, 5.74) is 0. The minimum atomic E-state index is -5.17. The van der Waals surface area contributed by atoms with E-state index in [2.05, 4.69) is 0 Å². The maximum atomic E-state index is 8.74. The predicted molar refractivity (Wildman–Crippen MR) is 60.8 cm³/mol. The summed E-state index contributed by atoms with van der Waals surface area (Å²) in [5, 5.41) is 0. The van der Waals surface area contributed by atoms with Crippen LogP contribution in [-0.2, 0) is 20.8 Å². The first kappa shape index (κ1) is 134. The molecule has 0 aliphatic heterocycles. The molecule has 0 fully saturated rings. The Morgan fingerprint density at radius 1 is 0.500 bits per heavy atom. The fourth-order valence-corrected chi connectivity index (χ4v) is 0. The Bertz CT molecular complexity index is 215. The van der Waals surface area contributed by atoms with E-state index in [0.717, 1.165) is 0 Å². The maximum absolute atomic E-state index is 8.74. The molecule has 0 heterocycles. The second kappa shape index (κ2) is 57.2. The Morgan fingerprint density at radius 3 is 0.500 bits per heavy atom. The van der Waals surface area contributed by atoms with E-state index in [-0.39, 0.29) is 114 Å². The van der Waals surface area contributed by atoms with Crippen molar-refractivity contribution in [2.24, 2.45) is 0 Å². The molecule has 0 atom stereocenters. The number of hydrogen-bond donors (Lipinski definition) is 2. The van der Waals surface area contributed by atoms with Crippen molar-refractivity contribution in [2.75, 3.05) is 0 Å². The molecule has 0 unspecified atom stereocenters. The van der Waals surface area contributed by atoms with Crippen LogP contribution in [0.15, 0.2) is 0 Å². The summed E-state index contributed by atoms with van der Waals surface area (Å²) >= 11 is 0. The SMILES string of the molecule is O.O.O.O.O.O.O.O.O.O.O=S(=O)(O)O.O=S(=O)([O-])[O-].[Na+].[Na+]. The van der Waals surface area contributed by atoms with Gasteiger partial charge in [-0.2, -0.15) is 8.42 Å². The third-order valence-corrected chi connectivity index (χ3v) is 0. The van der Waals surface area contributed by atoms with Crippen molar-refractivity contribution in [1.82, 2.24) is 0 Å². The summed E-state index contributed by atoms with van der Waals surface area (Å²) in [5.74, 6) is 0. The fourth-order valence-electron chi connectivity index (χ4n) is 0. The third kappa shape index (κ3) is 4920. The van der Waals surface area contributed by atoms with E-state index in [1.54, 1.807) is 0 Å². The first-order valence-corrected chi connectivity index (χ1v) is 4.10. The Morgan fingerprint density at radius 2 is 0.500 bits per heavy atom. The summed E-state index contributed by atoms with van der Waals surface area (Å²) in [6.07, 6.45) is 0. The van der Waals surface area contributed by atoms with Crippen molar-refractivity contribution in [2.45, 2.75) is 0 Å². The largest absolute Gasteiger partial charge is 1.00 e. The fraction of sp³-hybridized carbons (Fsp3) is 0. The van der Waals surface area contributed by atoms with Gasteiger partial charge in [-0.3, -0.25) is 17.5 Å². The zero-order chi connectivity index (χ0) is 9.00. The standard InChI is InChI=1S/2Na.2H2O4S.10H2O/c;;2*1-5(2,3)4;;;;;;;;;;/h;;2*(H2,1,2,3,4);10*1H2/q2*+1;;;;;;;;;;;;/p-2. The number of hydrogen-bond acceptors (Lipinski definition) is 6. The van der Waals surface area contributed by atoms with Gasteiger partial charge in [0.05, 0.1) is 0 Å². The van der Waals surface area contributed by atoms with Crippen LogP contribution in [0.2, 0.25) is 0 Å². The molecular formula is H22Na2O18S2. The van der Waals surface area contributed by atoms with Crippen LogP contribution in [0.4, 0.5) is 0 Å². The van der Waals surface area contributed by atoms with Crippen molar-refractivity contribution in [1.29, 1.82) is 0 Å². The predicted octanol–water partition coefficient (Wildman–Crippen LogP) is -16.2. The molecule has 0 aliphatic rings. The quantitative estimate of drug-likeness (QED) is 0.214. The van der Waals surface area contributed by atoms with Gasteiger partial charge in [-0.1, -0.05) is 0 Å². The van der Waals surface area contributed by atoms with E-state index in [4.69, 9.17) is 35.0 Å². The van der Waals surface area contributed by atoms with Crippen LogP contribution in [0.25, 0.3) is 0 Å². The Labute approximate surface area is 168 Å². The van der Waals surface area contributed by atoms with Gasteiger partial charge in [-0.25, -0.2) is 0 Å². The molecule has 0 amide bonds. The first-order valence-electron chi connectivity index (χ1n) is 1.37. The van der Waals surface area contributed by atoms with Gasteiger partial charge in [0, 0.05) is 10.4 Å². The molecule has 0 bridgehead atoms. The molecule has 18 nitrogen and oxygen atoms in total. The molecule has 22 N–H and O–H groups in total. The van der Waals surface area contributed by atoms with E-state index in [0.29, 0.717) is 0 Å². The molecule has 0 saturated carbocycles. The zero-order valence-corrected chi connectivity index (χ0v) is 16.8. The molecule has 0 rings (SSSR count). The van der Waals surface area contributed by atoms with Gasteiger partial charge >= 0.3 is 69.5 Å². The molecule has 0 aromatic rings. The average Bonchev–Trinajstić information content (AvgIpc) is 1.12. The summed E-state index contributed by atoms with van der Waals surface area (Å²) in [7, 11) is -9.83. The minimum Gasteiger partial charge on any atom is -0.759 e. The van der Waals surface area contributed by atoms with Gasteiger partial charge in [0.2, 0.25) is 0 Å². The third-order valence-electron chi connectivity index (χ3n) is 0. The maximum Gasteiger partial charge on any atom is 1.00 e. The van der Waals surface area contributed by atoms with Crippen LogP contribution in [0, 0.1) is 0 Å².